The predicted molar refractivity (Wildman–Crippen MR) is 418 cm³/mol. The molecule has 0 saturated carbocycles. The highest BCUT2D eigenvalue weighted by Gasteiger charge is 2.30. The van der Waals surface area contributed by atoms with Crippen LogP contribution in [0.3, 0.4) is 0 Å². The zero-order chi connectivity index (χ0) is 74.6. The molecule has 0 spiro atoms. The summed E-state index contributed by atoms with van der Waals surface area (Å²) in [7, 11) is -9.97. The second-order valence-electron chi connectivity index (χ2n) is 27.4. The molecule has 0 aliphatic carbocycles. The minimum atomic E-state index is -4.99. The summed E-state index contributed by atoms with van der Waals surface area (Å²) in [4.78, 5) is 73.0. The van der Waals surface area contributed by atoms with E-state index in [4.69, 9.17) is 37.0 Å². The third kappa shape index (κ3) is 74.5. The molecule has 0 bridgehead atoms. The highest BCUT2D eigenvalue weighted by molar-refractivity contribution is 7.47. The van der Waals surface area contributed by atoms with Gasteiger partial charge in [0.2, 0.25) is 0 Å². The van der Waals surface area contributed by atoms with E-state index in [-0.39, 0.29) is 25.7 Å². The van der Waals surface area contributed by atoms with Crippen LogP contribution in [0.25, 0.3) is 0 Å². The lowest BCUT2D eigenvalue weighted by molar-refractivity contribution is -0.161. The fourth-order valence-electron chi connectivity index (χ4n) is 11.1. The van der Waals surface area contributed by atoms with E-state index >= 15 is 0 Å². The van der Waals surface area contributed by atoms with Crippen molar-refractivity contribution in [2.45, 2.75) is 380 Å². The molecule has 3 N–H and O–H groups in total. The minimum absolute atomic E-state index is 0.0190. The number of carbonyl (C=O) groups excluding carboxylic acids is 4. The lowest BCUT2D eigenvalue weighted by atomic mass is 10.0. The molecular weight excluding hydrogens is 1330 g/mol. The van der Waals surface area contributed by atoms with Crippen molar-refractivity contribution in [2.24, 2.45) is 0 Å². The molecule has 0 aromatic heterocycles. The van der Waals surface area contributed by atoms with Gasteiger partial charge in [0.15, 0.2) is 12.2 Å². The first kappa shape index (κ1) is 98.2. The van der Waals surface area contributed by atoms with Crippen LogP contribution in [0.2, 0.25) is 0 Å². The summed E-state index contributed by atoms with van der Waals surface area (Å²) in [6, 6.07) is 0. The van der Waals surface area contributed by atoms with E-state index in [1.54, 1.807) is 0 Å². The van der Waals surface area contributed by atoms with Crippen LogP contribution in [0, 0.1) is 0 Å². The molecule has 0 aliphatic heterocycles. The molecule has 0 amide bonds. The summed E-state index contributed by atoms with van der Waals surface area (Å²) in [6.07, 6.45) is 78.5. The van der Waals surface area contributed by atoms with Gasteiger partial charge in [-0.1, -0.05) is 299 Å². The number of rotatable bonds is 77. The Kier molecular flexibility index (Phi) is 72.7. The van der Waals surface area contributed by atoms with Crippen LogP contribution in [0.15, 0.2) is 85.1 Å². The van der Waals surface area contributed by atoms with Crippen LogP contribution in [0.5, 0.6) is 0 Å². The number of phosphoric ester groups is 2. The summed E-state index contributed by atoms with van der Waals surface area (Å²) in [5.74, 6) is -2.24. The average Bonchev–Trinajstić information content (AvgIpc) is 0.917. The van der Waals surface area contributed by atoms with Crippen LogP contribution in [-0.2, 0) is 65.4 Å². The lowest BCUT2D eigenvalue weighted by Crippen LogP contribution is -2.30. The molecule has 0 rings (SSSR count). The zero-order valence-electron chi connectivity index (χ0n) is 64.8. The van der Waals surface area contributed by atoms with Crippen LogP contribution in [0.1, 0.15) is 362 Å². The van der Waals surface area contributed by atoms with E-state index in [9.17, 15) is 43.2 Å². The molecule has 0 saturated heterocycles. The van der Waals surface area contributed by atoms with Crippen molar-refractivity contribution in [3.63, 3.8) is 0 Å². The molecule has 0 radical (unpaired) electrons. The van der Waals surface area contributed by atoms with E-state index in [2.05, 4.69) is 101 Å². The Morgan fingerprint density at radius 3 is 0.804 bits per heavy atom. The van der Waals surface area contributed by atoms with Gasteiger partial charge in [0.05, 0.1) is 26.4 Å². The average molecular weight is 1480 g/mol. The molecule has 0 aliphatic rings. The number of hydrogen-bond acceptors (Lipinski definition) is 15. The van der Waals surface area contributed by atoms with Gasteiger partial charge in [0, 0.05) is 25.7 Å². The highest BCUT2D eigenvalue weighted by atomic mass is 31.2. The number of ether oxygens (including phenoxy) is 4. The number of aliphatic hydroxyl groups excluding tert-OH is 1. The summed E-state index contributed by atoms with van der Waals surface area (Å²) in [5.41, 5.74) is 0. The van der Waals surface area contributed by atoms with E-state index in [1.807, 2.05) is 12.2 Å². The summed E-state index contributed by atoms with van der Waals surface area (Å²) in [5, 5.41) is 10.6. The topological polar surface area (TPSA) is 237 Å². The Bertz CT molecular complexity index is 2260. The van der Waals surface area contributed by atoms with Gasteiger partial charge in [-0.2, -0.15) is 0 Å². The Balaban J connectivity index is 5.41. The molecule has 0 aromatic rings. The van der Waals surface area contributed by atoms with Gasteiger partial charge in [0.1, 0.15) is 19.3 Å². The molecule has 2 unspecified atom stereocenters. The molecule has 17 nitrogen and oxygen atoms in total. The highest BCUT2D eigenvalue weighted by Crippen LogP contribution is 2.45. The van der Waals surface area contributed by atoms with Crippen molar-refractivity contribution in [1.82, 2.24) is 0 Å². The molecule has 19 heteroatoms. The number of phosphoric acid groups is 2. The van der Waals surface area contributed by atoms with Crippen molar-refractivity contribution in [1.29, 1.82) is 0 Å². The van der Waals surface area contributed by atoms with Crippen LogP contribution in [0.4, 0.5) is 0 Å². The fourth-order valence-corrected chi connectivity index (χ4v) is 12.6. The third-order valence-electron chi connectivity index (χ3n) is 17.3. The molecule has 592 valence electrons. The van der Waals surface area contributed by atoms with E-state index in [0.717, 1.165) is 128 Å². The van der Waals surface area contributed by atoms with Gasteiger partial charge in [-0.3, -0.25) is 37.3 Å². The molecule has 0 aromatic carbocycles. The second kappa shape index (κ2) is 75.5. The number of esters is 4. The Labute approximate surface area is 621 Å². The lowest BCUT2D eigenvalue weighted by Gasteiger charge is -2.21. The van der Waals surface area contributed by atoms with Crippen molar-refractivity contribution >= 4 is 39.5 Å². The van der Waals surface area contributed by atoms with E-state index in [1.165, 1.54) is 148 Å². The summed E-state index contributed by atoms with van der Waals surface area (Å²) in [6.45, 7) is 4.79. The first-order valence-electron chi connectivity index (χ1n) is 40.8. The van der Waals surface area contributed by atoms with Gasteiger partial charge >= 0.3 is 39.5 Å². The number of hydrogen-bond donors (Lipinski definition) is 3. The predicted octanol–water partition coefficient (Wildman–Crippen LogP) is 23.8. The fraction of sp³-hybridized carbons (Fsp3) is 0.783. The van der Waals surface area contributed by atoms with Crippen molar-refractivity contribution in [3.05, 3.63) is 85.1 Å². The largest absolute Gasteiger partial charge is 0.472 e. The third-order valence-corrected chi connectivity index (χ3v) is 19.2. The quantitative estimate of drug-likeness (QED) is 0.0169. The van der Waals surface area contributed by atoms with Gasteiger partial charge < -0.3 is 33.8 Å². The van der Waals surface area contributed by atoms with E-state index < -0.39 is 97.5 Å². The molecule has 0 heterocycles. The second-order valence-corrected chi connectivity index (χ2v) is 30.3. The molecule has 0 fully saturated rings. The first-order valence-corrected chi connectivity index (χ1v) is 43.8. The maximum Gasteiger partial charge on any atom is 0.472 e. The maximum absolute atomic E-state index is 13.1. The van der Waals surface area contributed by atoms with E-state index in [0.29, 0.717) is 32.1 Å². The molecular formula is C83H148O17P2. The van der Waals surface area contributed by atoms with Crippen molar-refractivity contribution in [2.75, 3.05) is 39.6 Å². The molecule has 102 heavy (non-hydrogen) atoms. The Hall–Kier alpha value is -3.76. The van der Waals surface area contributed by atoms with Crippen LogP contribution < -0.4 is 0 Å². The number of carbonyl (C=O) groups is 4. The van der Waals surface area contributed by atoms with Gasteiger partial charge in [-0.15, -0.1) is 0 Å². The Morgan fingerprint density at radius 2 is 0.490 bits per heavy atom. The number of allylic oxidation sites excluding steroid dienone is 14. The van der Waals surface area contributed by atoms with Crippen molar-refractivity contribution < 1.29 is 80.2 Å². The van der Waals surface area contributed by atoms with Crippen LogP contribution in [-0.4, -0.2) is 96.7 Å². The zero-order valence-corrected chi connectivity index (χ0v) is 66.6. The Morgan fingerprint density at radius 1 is 0.275 bits per heavy atom. The summed E-state index contributed by atoms with van der Waals surface area (Å²) >= 11 is 0. The van der Waals surface area contributed by atoms with Gasteiger partial charge in [-0.25, -0.2) is 9.13 Å². The standard InChI is InChI=1S/C83H148O17P2/c1-5-9-13-17-21-25-29-33-37-38-42-46-50-54-58-62-66-70-83(88)100-79(74-94-81(86)68-64-60-56-52-48-44-40-35-31-27-23-19-15-11-7-3)76-98-102(91,92)96-72-77(84)71-95-101(89,90)97-75-78(99-82(87)69-65-61-57-53-49-45-41-36-32-28-24-20-16-12-8-4)73-93-80(85)67-63-59-55-51-47-43-39-34-30-26-22-18-14-10-6-2/h21,24-25,28,33,35-37,40-42,46,54,58,77-79,84H,5-20,22-23,26-27,29-32,34,38-39,43-45,47-53,55-57,59-76H2,1-4H3,(H,89,90)(H,91,92)/b25-21-,28-24-,37-33-,40-35-,41-36-,46-42-,58-54-/t77-,78-,79-/m1/s1. The number of aliphatic hydroxyl groups is 1. The van der Waals surface area contributed by atoms with Gasteiger partial charge in [0.25, 0.3) is 0 Å². The minimum Gasteiger partial charge on any atom is -0.462 e. The number of unbranched alkanes of at least 4 members (excludes halogenated alkanes) is 37. The summed E-state index contributed by atoms with van der Waals surface area (Å²) < 4.78 is 68.6. The van der Waals surface area contributed by atoms with Gasteiger partial charge in [-0.05, 0) is 122 Å². The normalized spacial score (nSPS) is 14.3. The first-order chi connectivity index (χ1) is 49.7. The smallest absolute Gasteiger partial charge is 0.462 e. The molecule has 5 atom stereocenters. The monoisotopic (exact) mass is 1480 g/mol. The van der Waals surface area contributed by atoms with Crippen LogP contribution >= 0.6 is 15.6 Å². The maximum atomic E-state index is 13.1. The van der Waals surface area contributed by atoms with Crippen molar-refractivity contribution in [3.8, 4) is 0 Å². The SMILES string of the molecule is CCCCC/C=C\C/C=C\C/C=C\C/C=C\CCCC(=O)O[C@H](COC(=O)CCCCCCC/C=C\CCCCCCCC)COP(=O)(O)OC[C@H](O)COP(=O)(O)OC[C@@H](COC(=O)CCCCCCCCCCCCCCCCC)OC(=O)CCCCCCC/C=C\C/C=C\CCCCC.